The van der Waals surface area contributed by atoms with Gasteiger partial charge in [0.1, 0.15) is 35.2 Å². The van der Waals surface area contributed by atoms with E-state index in [9.17, 15) is 4.79 Å². The largest absolute Gasteiger partial charge is 0.491 e. The molecule has 10 nitrogen and oxygen atoms in total. The van der Waals surface area contributed by atoms with Gasteiger partial charge < -0.3 is 15.0 Å². The zero-order valence-electron chi connectivity index (χ0n) is 19.6. The van der Waals surface area contributed by atoms with Crippen molar-refractivity contribution >= 4 is 11.6 Å². The molecule has 0 unspecified atom stereocenters. The van der Waals surface area contributed by atoms with Gasteiger partial charge in [-0.2, -0.15) is 10.2 Å². The molecule has 1 aromatic carbocycles. The molecule has 34 heavy (non-hydrogen) atoms. The highest BCUT2D eigenvalue weighted by atomic mass is 16.5. The second-order valence-corrected chi connectivity index (χ2v) is 8.93. The lowest BCUT2D eigenvalue weighted by atomic mass is 10.0. The van der Waals surface area contributed by atoms with Crippen molar-refractivity contribution in [1.82, 2.24) is 34.1 Å². The fourth-order valence-corrected chi connectivity index (χ4v) is 3.91. The Kier molecular flexibility index (Phi) is 4.89. The first-order valence-electron chi connectivity index (χ1n) is 10.9. The zero-order valence-corrected chi connectivity index (χ0v) is 19.6. The number of primary amides is 1. The van der Waals surface area contributed by atoms with Crippen LogP contribution in [0.25, 0.3) is 39.7 Å². The number of aromatic nitrogens is 7. The first kappa shape index (κ1) is 21.6. The van der Waals surface area contributed by atoms with Gasteiger partial charge in [-0.25, -0.2) is 14.6 Å². The summed E-state index contributed by atoms with van der Waals surface area (Å²) in [5, 5.41) is 8.78. The van der Waals surface area contributed by atoms with Crippen LogP contribution in [0.3, 0.4) is 0 Å². The molecule has 0 bridgehead atoms. The molecule has 0 saturated heterocycles. The summed E-state index contributed by atoms with van der Waals surface area (Å²) >= 11 is 0. The molecule has 1 aliphatic rings. The third-order valence-electron chi connectivity index (χ3n) is 5.98. The Balaban J connectivity index is 1.54. The van der Waals surface area contributed by atoms with Crippen molar-refractivity contribution in [2.75, 3.05) is 6.61 Å². The predicted molar refractivity (Wildman–Crippen MR) is 128 cm³/mol. The van der Waals surface area contributed by atoms with Gasteiger partial charge in [0.25, 0.3) is 0 Å². The predicted octanol–water partition coefficient (Wildman–Crippen LogP) is 3.08. The summed E-state index contributed by atoms with van der Waals surface area (Å²) in [6.07, 6.45) is 5.50. The number of imidazole rings is 1. The number of hydrogen-bond donors (Lipinski definition) is 1. The van der Waals surface area contributed by atoms with E-state index in [1.807, 2.05) is 44.4 Å². The number of rotatable bonds is 5. The second kappa shape index (κ2) is 7.68. The van der Waals surface area contributed by atoms with Gasteiger partial charge >= 0.3 is 0 Å². The number of carbonyl (C=O) groups excluding carboxylic acids is 1. The normalized spacial score (nSPS) is 13.1. The molecule has 4 heterocycles. The quantitative estimate of drug-likeness (QED) is 0.491. The van der Waals surface area contributed by atoms with Crippen LogP contribution < -0.4 is 10.5 Å². The minimum absolute atomic E-state index is 0.451. The van der Waals surface area contributed by atoms with Gasteiger partial charge in [0, 0.05) is 23.7 Å². The van der Waals surface area contributed by atoms with Gasteiger partial charge in [-0.1, -0.05) is 12.6 Å². The minimum atomic E-state index is -0.926. The molecule has 0 saturated carbocycles. The van der Waals surface area contributed by atoms with Crippen molar-refractivity contribution in [2.45, 2.75) is 39.8 Å². The van der Waals surface area contributed by atoms with Crippen molar-refractivity contribution in [2.24, 2.45) is 5.73 Å². The van der Waals surface area contributed by atoms with Gasteiger partial charge in [-0.3, -0.25) is 9.48 Å². The van der Waals surface area contributed by atoms with Crippen LogP contribution in [-0.2, 0) is 16.9 Å². The van der Waals surface area contributed by atoms with E-state index in [1.165, 1.54) is 0 Å². The molecular formula is C24H26N8O2. The first-order chi connectivity index (χ1) is 16.1. The summed E-state index contributed by atoms with van der Waals surface area (Å²) in [5.41, 5.74) is 8.77. The maximum Gasteiger partial charge on any atom is 0.244 e. The van der Waals surface area contributed by atoms with Crippen molar-refractivity contribution in [1.29, 1.82) is 0 Å². The number of carbonyl (C=O) groups is 1. The number of hydrogen-bond acceptors (Lipinski definition) is 6. The third kappa shape index (κ3) is 3.47. The van der Waals surface area contributed by atoms with E-state index in [2.05, 4.69) is 26.3 Å². The molecule has 1 amide bonds. The lowest BCUT2D eigenvalue weighted by Crippen LogP contribution is -2.41. The van der Waals surface area contributed by atoms with Crippen LogP contribution in [0, 0.1) is 6.92 Å². The second-order valence-electron chi connectivity index (χ2n) is 8.93. The summed E-state index contributed by atoms with van der Waals surface area (Å²) in [4.78, 5) is 21.2. The maximum atomic E-state index is 11.8. The highest BCUT2D eigenvalue weighted by molar-refractivity contribution is 5.82. The van der Waals surface area contributed by atoms with Crippen molar-refractivity contribution in [3.8, 4) is 39.8 Å². The SMILES string of the molecule is C=C(C)n1nc(C)nc1-c1cn2c(n1)-c1ccc(-c3cnn(C(C)(C)C(N)=O)c3)cc1OCC2. The van der Waals surface area contributed by atoms with Crippen molar-refractivity contribution in [3.05, 3.63) is 49.2 Å². The van der Waals surface area contributed by atoms with Gasteiger partial charge in [0.2, 0.25) is 5.91 Å². The third-order valence-corrected chi connectivity index (χ3v) is 5.98. The Morgan fingerprint density at radius 3 is 2.71 bits per heavy atom. The summed E-state index contributed by atoms with van der Waals surface area (Å²) in [5.74, 6) is 2.40. The number of nitrogens with two attached hydrogens (primary N) is 1. The van der Waals surface area contributed by atoms with E-state index >= 15 is 0 Å². The Labute approximate surface area is 196 Å². The standard InChI is InChI=1S/C24H26N8O2/c1-14(2)32-22(27-15(3)29-32)19-13-30-8-9-34-20-10-16(6-7-18(20)21(30)28-19)17-11-26-31(12-17)24(4,5)23(25)33/h6-7,10-13H,1,8-9H2,2-5H3,(H2,25,33). The van der Waals surface area contributed by atoms with E-state index in [4.69, 9.17) is 15.5 Å². The molecule has 174 valence electrons. The summed E-state index contributed by atoms with van der Waals surface area (Å²) in [7, 11) is 0. The zero-order chi connectivity index (χ0) is 24.2. The van der Waals surface area contributed by atoms with Crippen LogP contribution in [0.2, 0.25) is 0 Å². The number of amides is 1. The molecule has 5 rings (SSSR count). The summed E-state index contributed by atoms with van der Waals surface area (Å²) in [6.45, 7) is 12.4. The van der Waals surface area contributed by atoms with Gasteiger partial charge in [-0.05, 0) is 45.4 Å². The number of allylic oxidation sites excluding steroid dienone is 1. The molecule has 2 N–H and O–H groups in total. The number of fused-ring (bicyclic) bond motifs is 3. The molecule has 0 radical (unpaired) electrons. The topological polar surface area (TPSA) is 119 Å². The highest BCUT2D eigenvalue weighted by Gasteiger charge is 2.28. The Morgan fingerprint density at radius 1 is 1.18 bits per heavy atom. The Bertz CT molecular complexity index is 1440. The molecule has 3 aromatic heterocycles. The molecule has 0 fully saturated rings. The monoisotopic (exact) mass is 458 g/mol. The average Bonchev–Trinajstić information content (AvgIpc) is 3.50. The highest BCUT2D eigenvalue weighted by Crippen LogP contribution is 2.37. The molecular weight excluding hydrogens is 432 g/mol. The van der Waals surface area contributed by atoms with E-state index in [1.54, 1.807) is 29.4 Å². The molecule has 0 atom stereocenters. The van der Waals surface area contributed by atoms with Crippen LogP contribution in [0.4, 0.5) is 0 Å². The van der Waals surface area contributed by atoms with E-state index in [0.29, 0.717) is 24.8 Å². The van der Waals surface area contributed by atoms with Gasteiger partial charge in [0.15, 0.2) is 5.82 Å². The smallest absolute Gasteiger partial charge is 0.244 e. The van der Waals surface area contributed by atoms with E-state index in [-0.39, 0.29) is 0 Å². The van der Waals surface area contributed by atoms with Crippen LogP contribution >= 0.6 is 0 Å². The van der Waals surface area contributed by atoms with Crippen LogP contribution in [-0.4, -0.2) is 46.6 Å². The summed E-state index contributed by atoms with van der Waals surface area (Å²) in [6, 6.07) is 5.95. The lowest BCUT2D eigenvalue weighted by Gasteiger charge is -2.20. The molecule has 0 spiro atoms. The van der Waals surface area contributed by atoms with Crippen LogP contribution in [0.5, 0.6) is 5.75 Å². The van der Waals surface area contributed by atoms with E-state index < -0.39 is 11.4 Å². The van der Waals surface area contributed by atoms with Crippen LogP contribution in [0.1, 0.15) is 26.6 Å². The Morgan fingerprint density at radius 2 is 1.97 bits per heavy atom. The number of nitrogens with zero attached hydrogens (tertiary/aromatic N) is 7. The van der Waals surface area contributed by atoms with Gasteiger partial charge in [0.05, 0.1) is 18.3 Å². The van der Waals surface area contributed by atoms with Crippen molar-refractivity contribution in [3.63, 3.8) is 0 Å². The molecule has 0 aliphatic carbocycles. The Hall–Kier alpha value is -4.21. The van der Waals surface area contributed by atoms with E-state index in [0.717, 1.165) is 39.7 Å². The fourth-order valence-electron chi connectivity index (χ4n) is 3.91. The summed E-state index contributed by atoms with van der Waals surface area (Å²) < 4.78 is 11.4. The number of benzene rings is 1. The minimum Gasteiger partial charge on any atom is -0.491 e. The fraction of sp³-hybridized carbons (Fsp3) is 0.292. The van der Waals surface area contributed by atoms with Gasteiger partial charge in [-0.15, -0.1) is 0 Å². The molecule has 4 aromatic rings. The van der Waals surface area contributed by atoms with Crippen LogP contribution in [0.15, 0.2) is 43.4 Å². The molecule has 1 aliphatic heterocycles. The number of aryl methyl sites for hydroxylation is 1. The first-order valence-corrected chi connectivity index (χ1v) is 10.9. The lowest BCUT2D eigenvalue weighted by molar-refractivity contribution is -0.125. The van der Waals surface area contributed by atoms with Crippen molar-refractivity contribution < 1.29 is 9.53 Å². The maximum absolute atomic E-state index is 11.8. The average molecular weight is 459 g/mol. The molecule has 10 heteroatoms. The number of ether oxygens (including phenoxy) is 1.